The molecule has 0 fully saturated rings. The Morgan fingerprint density at radius 3 is 2.75 bits per heavy atom. The van der Waals surface area contributed by atoms with Crippen molar-refractivity contribution in [2.75, 3.05) is 0 Å². The molecule has 0 spiro atoms. The van der Waals surface area contributed by atoms with Crippen molar-refractivity contribution in [1.29, 1.82) is 0 Å². The van der Waals surface area contributed by atoms with E-state index in [2.05, 4.69) is 15.5 Å². The van der Waals surface area contributed by atoms with Crippen molar-refractivity contribution in [3.05, 3.63) is 69.2 Å². The Kier molecular flexibility index (Phi) is 4.30. The van der Waals surface area contributed by atoms with Crippen LogP contribution in [-0.4, -0.2) is 21.0 Å². The molecule has 2 heterocycles. The fourth-order valence-electron chi connectivity index (χ4n) is 2.08. The highest BCUT2D eigenvalue weighted by molar-refractivity contribution is 6.30. The van der Waals surface area contributed by atoms with Gasteiger partial charge in [-0.1, -0.05) is 11.6 Å². The summed E-state index contributed by atoms with van der Waals surface area (Å²) in [5.74, 6) is 0.502. The number of carbonyl (C=O) groups is 1. The smallest absolute Gasteiger partial charge is 0.319 e. The van der Waals surface area contributed by atoms with Crippen molar-refractivity contribution in [2.45, 2.75) is 6.54 Å². The van der Waals surface area contributed by atoms with Gasteiger partial charge < -0.3 is 9.73 Å². The van der Waals surface area contributed by atoms with E-state index < -0.39 is 10.8 Å². The van der Waals surface area contributed by atoms with E-state index in [-0.39, 0.29) is 17.9 Å². The maximum atomic E-state index is 12.0. The normalized spacial score (nSPS) is 10.5. The van der Waals surface area contributed by atoms with E-state index in [0.717, 1.165) is 11.8 Å². The Bertz CT molecular complexity index is 885. The number of nitrogens with zero attached hydrogens (tertiary/aromatic N) is 2. The quantitative estimate of drug-likeness (QED) is 0.544. The lowest BCUT2D eigenvalue weighted by atomic mass is 10.2. The molecule has 0 aliphatic rings. The molecule has 3 rings (SSSR count). The summed E-state index contributed by atoms with van der Waals surface area (Å²) in [5.41, 5.74) is 0.263. The molecular formula is C15H11ClN4O4. The molecule has 8 nitrogen and oxygen atoms in total. The van der Waals surface area contributed by atoms with Crippen LogP contribution in [0.5, 0.6) is 0 Å². The molecular weight excluding hydrogens is 336 g/mol. The lowest BCUT2D eigenvalue weighted by molar-refractivity contribution is -0.385. The Labute approximate surface area is 140 Å². The summed E-state index contributed by atoms with van der Waals surface area (Å²) in [6.45, 7) is 0.0859. The Morgan fingerprint density at radius 2 is 2.04 bits per heavy atom. The van der Waals surface area contributed by atoms with Crippen molar-refractivity contribution < 1.29 is 14.1 Å². The molecule has 0 atom stereocenters. The van der Waals surface area contributed by atoms with Gasteiger partial charge in [-0.2, -0.15) is 5.10 Å². The van der Waals surface area contributed by atoms with E-state index in [1.165, 1.54) is 0 Å². The minimum Gasteiger partial charge on any atom is -0.459 e. The number of rotatable bonds is 5. The topological polar surface area (TPSA) is 114 Å². The van der Waals surface area contributed by atoms with Gasteiger partial charge in [0.1, 0.15) is 17.7 Å². The lowest BCUT2D eigenvalue weighted by Gasteiger charge is -2.01. The van der Waals surface area contributed by atoms with Gasteiger partial charge in [-0.3, -0.25) is 20.0 Å². The first-order valence-electron chi connectivity index (χ1n) is 6.85. The van der Waals surface area contributed by atoms with Crippen molar-refractivity contribution in [1.82, 2.24) is 15.5 Å². The molecule has 2 N–H and O–H groups in total. The Morgan fingerprint density at radius 1 is 1.29 bits per heavy atom. The van der Waals surface area contributed by atoms with Gasteiger partial charge in [-0.15, -0.1) is 0 Å². The molecule has 1 amide bonds. The second-order valence-electron chi connectivity index (χ2n) is 4.84. The summed E-state index contributed by atoms with van der Waals surface area (Å²) in [4.78, 5) is 22.1. The largest absolute Gasteiger partial charge is 0.459 e. The molecule has 0 aliphatic heterocycles. The van der Waals surface area contributed by atoms with Crippen molar-refractivity contribution >= 4 is 23.2 Å². The molecule has 2 aromatic heterocycles. The minimum atomic E-state index is -0.677. The van der Waals surface area contributed by atoms with Gasteiger partial charge in [-0.25, -0.2) is 0 Å². The van der Waals surface area contributed by atoms with Crippen molar-refractivity contribution in [3.63, 3.8) is 0 Å². The molecule has 122 valence electrons. The maximum absolute atomic E-state index is 12.0. The number of hydrogen-bond acceptors (Lipinski definition) is 5. The second-order valence-corrected chi connectivity index (χ2v) is 5.28. The highest BCUT2D eigenvalue weighted by Crippen LogP contribution is 2.24. The number of benzene rings is 1. The number of amides is 1. The highest BCUT2D eigenvalue weighted by Gasteiger charge is 2.22. The van der Waals surface area contributed by atoms with Crippen LogP contribution in [0, 0.1) is 10.1 Å². The SMILES string of the molecule is O=C(NCc1ccc(-c2ccc(Cl)cc2)o1)c1[nH]ncc1[N+](=O)[O-]. The fourth-order valence-corrected chi connectivity index (χ4v) is 2.21. The number of aromatic amines is 1. The van der Waals surface area contributed by atoms with Gasteiger partial charge in [-0.05, 0) is 36.4 Å². The molecule has 24 heavy (non-hydrogen) atoms. The monoisotopic (exact) mass is 346 g/mol. The predicted molar refractivity (Wildman–Crippen MR) is 85.6 cm³/mol. The second kappa shape index (κ2) is 6.55. The average Bonchev–Trinajstić information content (AvgIpc) is 3.22. The summed E-state index contributed by atoms with van der Waals surface area (Å²) >= 11 is 5.84. The van der Waals surface area contributed by atoms with Crippen molar-refractivity contribution in [2.24, 2.45) is 0 Å². The third-order valence-corrected chi connectivity index (χ3v) is 3.51. The van der Waals surface area contributed by atoms with Crippen LogP contribution in [0.25, 0.3) is 11.3 Å². The average molecular weight is 347 g/mol. The molecule has 0 saturated heterocycles. The van der Waals surface area contributed by atoms with Crippen LogP contribution >= 0.6 is 11.6 Å². The van der Waals surface area contributed by atoms with Crippen LogP contribution in [0.1, 0.15) is 16.2 Å². The zero-order chi connectivity index (χ0) is 17.1. The molecule has 9 heteroatoms. The number of carbonyl (C=O) groups excluding carboxylic acids is 1. The third kappa shape index (κ3) is 3.28. The zero-order valence-corrected chi connectivity index (χ0v) is 12.9. The van der Waals surface area contributed by atoms with E-state index in [0.29, 0.717) is 16.5 Å². The van der Waals surface area contributed by atoms with Crippen LogP contribution < -0.4 is 5.32 Å². The van der Waals surface area contributed by atoms with E-state index in [1.54, 1.807) is 24.3 Å². The van der Waals surface area contributed by atoms with Crippen LogP contribution in [-0.2, 0) is 6.54 Å². The van der Waals surface area contributed by atoms with Gasteiger partial charge in [0, 0.05) is 10.6 Å². The summed E-state index contributed by atoms with van der Waals surface area (Å²) in [5, 5.41) is 19.8. The summed E-state index contributed by atoms with van der Waals surface area (Å²) in [7, 11) is 0. The standard InChI is InChI=1S/C15H11ClN4O4/c16-10-3-1-9(2-4-10)13-6-5-11(24-13)7-17-15(21)14-12(20(22)23)8-18-19-14/h1-6,8H,7H2,(H,17,21)(H,18,19). The van der Waals surface area contributed by atoms with Crippen LogP contribution in [0.4, 0.5) is 5.69 Å². The first kappa shape index (κ1) is 15.8. The van der Waals surface area contributed by atoms with Gasteiger partial charge in [0.25, 0.3) is 5.91 Å². The highest BCUT2D eigenvalue weighted by atomic mass is 35.5. The summed E-state index contributed by atoms with van der Waals surface area (Å²) in [6, 6.07) is 10.6. The van der Waals surface area contributed by atoms with E-state index in [4.69, 9.17) is 16.0 Å². The molecule has 0 unspecified atom stereocenters. The number of halogens is 1. The van der Waals surface area contributed by atoms with E-state index in [9.17, 15) is 14.9 Å². The lowest BCUT2D eigenvalue weighted by Crippen LogP contribution is -2.23. The van der Waals surface area contributed by atoms with Crippen LogP contribution in [0.15, 0.2) is 47.0 Å². The fraction of sp³-hybridized carbons (Fsp3) is 0.0667. The van der Waals surface area contributed by atoms with Gasteiger partial charge in [0.05, 0.1) is 11.5 Å². The predicted octanol–water partition coefficient (Wildman–Crippen LogP) is 3.16. The number of H-pyrrole nitrogens is 1. The Balaban J connectivity index is 1.67. The van der Waals surface area contributed by atoms with Gasteiger partial charge in [0.2, 0.25) is 5.69 Å². The van der Waals surface area contributed by atoms with E-state index >= 15 is 0 Å². The zero-order valence-electron chi connectivity index (χ0n) is 12.2. The minimum absolute atomic E-state index is 0.0859. The van der Waals surface area contributed by atoms with Gasteiger partial charge in [0.15, 0.2) is 0 Å². The third-order valence-electron chi connectivity index (χ3n) is 3.26. The number of nitrogens with one attached hydrogen (secondary N) is 2. The number of furan rings is 1. The number of aromatic nitrogens is 2. The summed E-state index contributed by atoms with van der Waals surface area (Å²) in [6.07, 6.45) is 0.987. The number of hydrogen-bond donors (Lipinski definition) is 2. The van der Waals surface area contributed by atoms with Crippen LogP contribution in [0.3, 0.4) is 0 Å². The Hall–Kier alpha value is -3.13. The summed E-state index contributed by atoms with van der Waals surface area (Å²) < 4.78 is 5.64. The molecule has 3 aromatic rings. The maximum Gasteiger partial charge on any atom is 0.319 e. The van der Waals surface area contributed by atoms with Crippen LogP contribution in [0.2, 0.25) is 5.02 Å². The molecule has 0 radical (unpaired) electrons. The first-order valence-corrected chi connectivity index (χ1v) is 7.23. The molecule has 0 bridgehead atoms. The molecule has 0 aliphatic carbocycles. The molecule has 1 aromatic carbocycles. The first-order chi connectivity index (χ1) is 11.5. The van der Waals surface area contributed by atoms with E-state index in [1.807, 2.05) is 12.1 Å². The molecule has 0 saturated carbocycles. The number of nitro groups is 1. The van der Waals surface area contributed by atoms with Gasteiger partial charge >= 0.3 is 5.69 Å². The van der Waals surface area contributed by atoms with Crippen molar-refractivity contribution in [3.8, 4) is 11.3 Å².